The van der Waals surface area contributed by atoms with Crippen molar-refractivity contribution >= 4 is 22.5 Å². The Morgan fingerprint density at radius 3 is 2.71 bits per heavy atom. The zero-order chi connectivity index (χ0) is 16.9. The van der Waals surface area contributed by atoms with Crippen LogP contribution in [-0.2, 0) is 11.2 Å². The predicted molar refractivity (Wildman–Crippen MR) is 92.7 cm³/mol. The first-order valence-corrected chi connectivity index (χ1v) is 7.57. The van der Waals surface area contributed by atoms with Crippen LogP contribution in [0.5, 0.6) is 0 Å². The summed E-state index contributed by atoms with van der Waals surface area (Å²) in [6.45, 7) is 0. The van der Waals surface area contributed by atoms with Crippen LogP contribution in [0.3, 0.4) is 0 Å². The summed E-state index contributed by atoms with van der Waals surface area (Å²) in [4.78, 5) is 27.0. The van der Waals surface area contributed by atoms with Crippen molar-refractivity contribution in [1.29, 1.82) is 5.26 Å². The molecule has 0 saturated carbocycles. The van der Waals surface area contributed by atoms with Crippen LogP contribution in [0.25, 0.3) is 10.9 Å². The number of rotatable bonds is 4. The van der Waals surface area contributed by atoms with Gasteiger partial charge in [0.15, 0.2) is 0 Å². The quantitative estimate of drug-likeness (QED) is 0.775. The number of nitrogens with one attached hydrogen (secondary N) is 2. The summed E-state index contributed by atoms with van der Waals surface area (Å²) in [6, 6.07) is 18.2. The average Bonchev–Trinajstić information content (AvgIpc) is 2.60. The summed E-state index contributed by atoms with van der Waals surface area (Å²) < 4.78 is 0. The summed E-state index contributed by atoms with van der Waals surface area (Å²) in [5.41, 5.74) is 2.06. The Hall–Kier alpha value is -3.39. The van der Waals surface area contributed by atoms with Crippen molar-refractivity contribution in [3.8, 4) is 6.07 Å². The van der Waals surface area contributed by atoms with Crippen LogP contribution in [0.15, 0.2) is 59.4 Å². The van der Waals surface area contributed by atoms with Crippen LogP contribution in [0.2, 0.25) is 0 Å². The summed E-state index contributed by atoms with van der Waals surface area (Å²) in [6.07, 6.45) is 0.502. The maximum Gasteiger partial charge on any atom is 0.251 e. The monoisotopic (exact) mass is 317 g/mol. The number of benzene rings is 2. The number of anilines is 1. The number of amides is 1. The lowest BCUT2D eigenvalue weighted by Crippen LogP contribution is -2.17. The lowest BCUT2D eigenvalue weighted by atomic mass is 10.1. The minimum absolute atomic E-state index is 0.168. The molecule has 0 radical (unpaired) electrons. The maximum atomic E-state index is 12.1. The number of carbonyl (C=O) groups is 1. The van der Waals surface area contributed by atoms with E-state index < -0.39 is 0 Å². The van der Waals surface area contributed by atoms with Crippen molar-refractivity contribution in [1.82, 2.24) is 4.98 Å². The molecular formula is C19H15N3O2. The van der Waals surface area contributed by atoms with E-state index in [0.717, 1.165) is 10.9 Å². The van der Waals surface area contributed by atoms with Gasteiger partial charge in [-0.05, 0) is 36.1 Å². The smallest absolute Gasteiger partial charge is 0.251 e. The molecule has 0 aliphatic carbocycles. The first kappa shape index (κ1) is 15.5. The molecular weight excluding hydrogens is 302 g/mol. The minimum atomic E-state index is -0.231. The molecule has 2 aromatic carbocycles. The normalized spacial score (nSPS) is 10.3. The Labute approximate surface area is 138 Å². The third-order valence-electron chi connectivity index (χ3n) is 3.77. The maximum absolute atomic E-state index is 12.1. The van der Waals surface area contributed by atoms with Crippen molar-refractivity contribution in [2.24, 2.45) is 0 Å². The Kier molecular flexibility index (Phi) is 4.39. The van der Waals surface area contributed by atoms with Gasteiger partial charge in [0.05, 0.1) is 11.3 Å². The average molecular weight is 317 g/mol. The number of hydrogen-bond acceptors (Lipinski definition) is 3. The zero-order valence-corrected chi connectivity index (χ0v) is 12.9. The Bertz CT molecular complexity index is 999. The fraction of sp³-hybridized carbons (Fsp3) is 0.105. The molecule has 0 bridgehead atoms. The fourth-order valence-electron chi connectivity index (χ4n) is 2.53. The van der Waals surface area contributed by atoms with Gasteiger partial charge < -0.3 is 10.3 Å². The summed E-state index contributed by atoms with van der Waals surface area (Å²) in [5.74, 6) is -0.231. The molecule has 1 amide bonds. The molecule has 5 heteroatoms. The van der Waals surface area contributed by atoms with Gasteiger partial charge in [0.25, 0.3) is 5.56 Å². The van der Waals surface area contributed by atoms with Gasteiger partial charge in [-0.25, -0.2) is 0 Å². The number of fused-ring (bicyclic) bond motifs is 1. The molecule has 0 aliphatic rings. The highest BCUT2D eigenvalue weighted by molar-refractivity contribution is 5.92. The molecule has 0 atom stereocenters. The van der Waals surface area contributed by atoms with Gasteiger partial charge in [-0.15, -0.1) is 0 Å². The highest BCUT2D eigenvalue weighted by Crippen LogP contribution is 2.15. The van der Waals surface area contributed by atoms with E-state index in [0.29, 0.717) is 23.2 Å². The molecule has 3 aromatic rings. The zero-order valence-electron chi connectivity index (χ0n) is 12.9. The van der Waals surface area contributed by atoms with Gasteiger partial charge in [0.1, 0.15) is 6.07 Å². The number of aryl methyl sites for hydroxylation is 1. The number of nitriles is 1. The highest BCUT2D eigenvalue weighted by Gasteiger charge is 2.09. The molecule has 0 saturated heterocycles. The molecule has 1 aromatic heterocycles. The Balaban J connectivity index is 1.72. The van der Waals surface area contributed by atoms with E-state index in [9.17, 15) is 9.59 Å². The lowest BCUT2D eigenvalue weighted by Gasteiger charge is -2.07. The molecule has 0 fully saturated rings. The largest absolute Gasteiger partial charge is 0.325 e. The van der Waals surface area contributed by atoms with Crippen molar-refractivity contribution in [3.63, 3.8) is 0 Å². The SMILES string of the molecule is N#Cc1ccccc1NC(=O)CCc1cc2ccccc2[nH]c1=O. The van der Waals surface area contributed by atoms with Gasteiger partial charge in [0.2, 0.25) is 5.91 Å². The van der Waals surface area contributed by atoms with Gasteiger partial charge in [-0.1, -0.05) is 30.3 Å². The molecule has 5 nitrogen and oxygen atoms in total. The molecule has 24 heavy (non-hydrogen) atoms. The van der Waals surface area contributed by atoms with Crippen LogP contribution < -0.4 is 10.9 Å². The van der Waals surface area contributed by atoms with Crippen LogP contribution in [0.4, 0.5) is 5.69 Å². The van der Waals surface area contributed by atoms with Crippen LogP contribution in [-0.4, -0.2) is 10.9 Å². The standard InChI is InChI=1S/C19H15N3O2/c20-12-15-6-2-4-8-17(15)21-18(23)10-9-14-11-13-5-1-3-7-16(13)22-19(14)24/h1-8,11H,9-10H2,(H,21,23)(H,22,24). The fourth-order valence-corrected chi connectivity index (χ4v) is 2.53. The summed E-state index contributed by atoms with van der Waals surface area (Å²) >= 11 is 0. The van der Waals surface area contributed by atoms with E-state index in [-0.39, 0.29) is 17.9 Å². The van der Waals surface area contributed by atoms with E-state index in [1.807, 2.05) is 36.4 Å². The summed E-state index contributed by atoms with van der Waals surface area (Å²) in [7, 11) is 0. The molecule has 2 N–H and O–H groups in total. The van der Waals surface area contributed by atoms with E-state index in [4.69, 9.17) is 5.26 Å². The number of carbonyl (C=O) groups excluding carboxylic acids is 1. The van der Waals surface area contributed by atoms with E-state index in [2.05, 4.69) is 10.3 Å². The first-order chi connectivity index (χ1) is 11.7. The minimum Gasteiger partial charge on any atom is -0.325 e. The number of aromatic nitrogens is 1. The van der Waals surface area contributed by atoms with Crippen LogP contribution in [0.1, 0.15) is 17.5 Å². The second kappa shape index (κ2) is 6.80. The van der Waals surface area contributed by atoms with Crippen molar-refractivity contribution in [2.45, 2.75) is 12.8 Å². The topological polar surface area (TPSA) is 85.8 Å². The number of nitrogens with zero attached hydrogens (tertiary/aromatic N) is 1. The Morgan fingerprint density at radius 1 is 1.12 bits per heavy atom. The van der Waals surface area contributed by atoms with Crippen molar-refractivity contribution in [2.75, 3.05) is 5.32 Å². The molecule has 118 valence electrons. The van der Waals surface area contributed by atoms with Gasteiger partial charge in [-0.2, -0.15) is 5.26 Å². The first-order valence-electron chi connectivity index (χ1n) is 7.57. The number of pyridine rings is 1. The lowest BCUT2D eigenvalue weighted by molar-refractivity contribution is -0.116. The third-order valence-corrected chi connectivity index (χ3v) is 3.77. The van der Waals surface area contributed by atoms with Gasteiger partial charge in [0, 0.05) is 17.5 Å². The number of aromatic amines is 1. The third kappa shape index (κ3) is 3.33. The molecule has 0 spiro atoms. The molecule has 0 unspecified atom stereocenters. The van der Waals surface area contributed by atoms with Gasteiger partial charge in [-0.3, -0.25) is 9.59 Å². The molecule has 1 heterocycles. The van der Waals surface area contributed by atoms with Crippen molar-refractivity contribution < 1.29 is 4.79 Å². The molecule has 3 rings (SSSR count). The molecule has 0 aliphatic heterocycles. The Morgan fingerprint density at radius 2 is 1.88 bits per heavy atom. The van der Waals surface area contributed by atoms with Gasteiger partial charge >= 0.3 is 0 Å². The van der Waals surface area contributed by atoms with E-state index in [1.54, 1.807) is 24.3 Å². The predicted octanol–water partition coefficient (Wildman–Crippen LogP) is 2.97. The second-order valence-corrected chi connectivity index (χ2v) is 5.42. The number of H-pyrrole nitrogens is 1. The summed E-state index contributed by atoms with van der Waals surface area (Å²) in [5, 5.41) is 12.7. The van der Waals surface area contributed by atoms with E-state index in [1.165, 1.54) is 0 Å². The number of para-hydroxylation sites is 2. The van der Waals surface area contributed by atoms with E-state index >= 15 is 0 Å². The van der Waals surface area contributed by atoms with Crippen LogP contribution >= 0.6 is 0 Å². The second-order valence-electron chi connectivity index (χ2n) is 5.42. The van der Waals surface area contributed by atoms with Crippen LogP contribution in [0, 0.1) is 11.3 Å². The number of hydrogen-bond donors (Lipinski definition) is 2. The van der Waals surface area contributed by atoms with Crippen molar-refractivity contribution in [3.05, 3.63) is 76.1 Å². The highest BCUT2D eigenvalue weighted by atomic mass is 16.1.